The Labute approximate surface area is 210 Å². The molecule has 2 aliphatic rings. The zero-order chi connectivity index (χ0) is 27.5. The lowest BCUT2D eigenvalue weighted by Crippen LogP contribution is -2.60. The zero-order valence-corrected chi connectivity index (χ0v) is 20.8. The average molecular weight is 533 g/mol. The van der Waals surface area contributed by atoms with E-state index in [0.29, 0.717) is 0 Å². The molecule has 2 N–H and O–H groups in total. The molecule has 6 nitrogen and oxygen atoms in total. The van der Waals surface area contributed by atoms with E-state index in [9.17, 15) is 35.9 Å². The fourth-order valence-corrected chi connectivity index (χ4v) is 4.36. The molecule has 1 aromatic carbocycles. The summed E-state index contributed by atoms with van der Waals surface area (Å²) < 4.78 is 83.1. The number of hydrogen-bond donors (Lipinski definition) is 2. The van der Waals surface area contributed by atoms with E-state index in [1.54, 1.807) is 11.9 Å². The number of benzene rings is 1. The smallest absolute Gasteiger partial charge is 0.266 e. The third kappa shape index (κ3) is 5.94. The molecule has 4 rings (SSSR count). The van der Waals surface area contributed by atoms with Gasteiger partial charge in [-0.1, -0.05) is 32.0 Å². The SMILES string of the molecule is CC.CN1CC(F)(CNc2cc(=O)n(C3(C(F)F)CC3)cc2C(=O)NCc2cccc(C(F)F)c2F)C1. The molecule has 204 valence electrons. The number of pyridine rings is 1. The number of carbonyl (C=O) groups excluding carboxylic acids is 1. The number of alkyl halides is 5. The van der Waals surface area contributed by atoms with E-state index in [2.05, 4.69) is 10.6 Å². The lowest BCUT2D eigenvalue weighted by atomic mass is 9.97. The number of carbonyl (C=O) groups is 1. The van der Waals surface area contributed by atoms with Gasteiger partial charge >= 0.3 is 0 Å². The standard InChI is InChI=1S/C23H24F6N4O2.C2H6/c1-32-11-22(29,12-32)10-31-16-7-17(34)33(23(5-6-23)21(27)28)9-15(16)20(35)30-8-13-3-2-4-14(18(13)24)19(25)26;1-2/h2-4,7,9,19,21,31H,5-6,8,10-12H2,1H3,(H,30,35);1-2H3. The monoisotopic (exact) mass is 532 g/mol. The number of rotatable bonds is 9. The summed E-state index contributed by atoms with van der Waals surface area (Å²) in [5.41, 5.74) is -5.42. The first kappa shape index (κ1) is 28.5. The minimum Gasteiger partial charge on any atom is -0.381 e. The highest BCUT2D eigenvalue weighted by atomic mass is 19.3. The van der Waals surface area contributed by atoms with Gasteiger partial charge in [-0.05, 0) is 19.9 Å². The molecule has 0 bridgehead atoms. The van der Waals surface area contributed by atoms with Crippen LogP contribution in [0.2, 0.25) is 0 Å². The highest BCUT2D eigenvalue weighted by Gasteiger charge is 2.53. The summed E-state index contributed by atoms with van der Waals surface area (Å²) in [4.78, 5) is 27.3. The van der Waals surface area contributed by atoms with Crippen molar-refractivity contribution in [2.24, 2.45) is 0 Å². The minimum absolute atomic E-state index is 0.0456. The predicted molar refractivity (Wildman–Crippen MR) is 128 cm³/mol. The summed E-state index contributed by atoms with van der Waals surface area (Å²) in [7, 11) is 1.72. The molecule has 0 spiro atoms. The van der Waals surface area contributed by atoms with Crippen LogP contribution >= 0.6 is 0 Å². The minimum atomic E-state index is -3.05. The number of hydrogen-bond acceptors (Lipinski definition) is 4. The second kappa shape index (κ2) is 11.2. The van der Waals surface area contributed by atoms with Gasteiger partial charge in [-0.15, -0.1) is 0 Å². The molecule has 1 amide bonds. The van der Waals surface area contributed by atoms with Crippen LogP contribution in [0.25, 0.3) is 0 Å². The van der Waals surface area contributed by atoms with Crippen LogP contribution in [0.3, 0.4) is 0 Å². The quantitative estimate of drug-likeness (QED) is 0.460. The first-order chi connectivity index (χ1) is 17.5. The zero-order valence-electron chi connectivity index (χ0n) is 20.8. The molecule has 0 unspecified atom stereocenters. The van der Waals surface area contributed by atoms with Gasteiger partial charge in [-0.3, -0.25) is 14.5 Å². The van der Waals surface area contributed by atoms with Gasteiger partial charge < -0.3 is 15.2 Å². The van der Waals surface area contributed by atoms with E-state index >= 15 is 0 Å². The third-order valence-electron chi connectivity index (χ3n) is 6.43. The molecule has 1 aliphatic heterocycles. The summed E-state index contributed by atoms with van der Waals surface area (Å²) in [6, 6.07) is 4.32. The molecule has 1 aromatic heterocycles. The van der Waals surface area contributed by atoms with Crippen LogP contribution in [0, 0.1) is 5.82 Å². The van der Waals surface area contributed by atoms with E-state index in [4.69, 9.17) is 0 Å². The third-order valence-corrected chi connectivity index (χ3v) is 6.43. The van der Waals surface area contributed by atoms with Crippen molar-refractivity contribution < 1.29 is 31.1 Å². The molecule has 2 aromatic rings. The number of amides is 1. The molecule has 1 saturated heterocycles. The van der Waals surface area contributed by atoms with Gasteiger partial charge in [0.25, 0.3) is 24.3 Å². The van der Waals surface area contributed by atoms with Gasteiger partial charge in [0.2, 0.25) is 0 Å². The Bertz CT molecular complexity index is 1180. The lowest BCUT2D eigenvalue weighted by molar-refractivity contribution is -0.00383. The molecule has 0 atom stereocenters. The van der Waals surface area contributed by atoms with Crippen LogP contribution in [-0.4, -0.2) is 54.2 Å². The molecule has 12 heteroatoms. The summed E-state index contributed by atoms with van der Waals surface area (Å²) in [5.74, 6) is -2.04. The van der Waals surface area contributed by atoms with Crippen LogP contribution in [0.5, 0.6) is 0 Å². The van der Waals surface area contributed by atoms with Crippen LogP contribution in [0.4, 0.5) is 32.0 Å². The van der Waals surface area contributed by atoms with Crippen molar-refractivity contribution in [1.29, 1.82) is 0 Å². The molecule has 1 aliphatic carbocycles. The summed E-state index contributed by atoms with van der Waals surface area (Å²) in [5, 5.41) is 5.10. The van der Waals surface area contributed by atoms with Crippen molar-refractivity contribution in [1.82, 2.24) is 14.8 Å². The Hall–Kier alpha value is -3.02. The second-order valence-electron chi connectivity index (χ2n) is 9.19. The first-order valence-corrected chi connectivity index (χ1v) is 12.0. The Morgan fingerprint density at radius 2 is 1.78 bits per heavy atom. The number of nitrogens with zero attached hydrogens (tertiary/aromatic N) is 2. The molecule has 0 radical (unpaired) electrons. The Morgan fingerprint density at radius 3 is 2.32 bits per heavy atom. The molecule has 2 heterocycles. The van der Waals surface area contributed by atoms with E-state index in [-0.39, 0.29) is 49.3 Å². The van der Waals surface area contributed by atoms with Gasteiger partial charge in [0.1, 0.15) is 11.4 Å². The van der Waals surface area contributed by atoms with Crippen molar-refractivity contribution in [3.05, 3.63) is 63.3 Å². The van der Waals surface area contributed by atoms with E-state index in [0.717, 1.165) is 22.9 Å². The second-order valence-corrected chi connectivity index (χ2v) is 9.19. The summed E-state index contributed by atoms with van der Waals surface area (Å²) >= 11 is 0. The fourth-order valence-electron chi connectivity index (χ4n) is 4.36. The fraction of sp³-hybridized carbons (Fsp3) is 0.520. The van der Waals surface area contributed by atoms with Crippen LogP contribution in [-0.2, 0) is 12.1 Å². The van der Waals surface area contributed by atoms with Gasteiger partial charge in [0, 0.05) is 37.5 Å². The predicted octanol–water partition coefficient (Wildman–Crippen LogP) is 4.70. The summed E-state index contributed by atoms with van der Waals surface area (Å²) in [6.07, 6.45) is -4.81. The maximum atomic E-state index is 14.7. The van der Waals surface area contributed by atoms with Crippen molar-refractivity contribution in [2.75, 3.05) is 32.0 Å². The van der Waals surface area contributed by atoms with Crippen molar-refractivity contribution >= 4 is 11.6 Å². The van der Waals surface area contributed by atoms with Crippen molar-refractivity contribution in [3.63, 3.8) is 0 Å². The Balaban J connectivity index is 0.00000186. The van der Waals surface area contributed by atoms with Crippen molar-refractivity contribution in [2.45, 2.75) is 57.3 Å². The number of nitrogens with one attached hydrogen (secondary N) is 2. The number of anilines is 1. The highest BCUT2D eigenvalue weighted by molar-refractivity contribution is 5.99. The molecular formula is C25H30F6N4O2. The Morgan fingerprint density at radius 1 is 1.14 bits per heavy atom. The van der Waals surface area contributed by atoms with Gasteiger partial charge in [0.15, 0.2) is 5.67 Å². The Kier molecular flexibility index (Phi) is 8.61. The van der Waals surface area contributed by atoms with E-state index < -0.39 is 53.5 Å². The van der Waals surface area contributed by atoms with Crippen molar-refractivity contribution in [3.8, 4) is 0 Å². The molecule has 37 heavy (non-hydrogen) atoms. The number of likely N-dealkylation sites (tertiary alicyclic amines) is 1. The molecule has 2 fully saturated rings. The van der Waals surface area contributed by atoms with E-state index in [1.165, 1.54) is 12.1 Å². The first-order valence-electron chi connectivity index (χ1n) is 12.0. The average Bonchev–Trinajstić information content (AvgIpc) is 3.64. The number of halogens is 6. The highest BCUT2D eigenvalue weighted by Crippen LogP contribution is 2.48. The maximum Gasteiger partial charge on any atom is 0.266 e. The van der Waals surface area contributed by atoms with E-state index in [1.807, 2.05) is 13.8 Å². The summed E-state index contributed by atoms with van der Waals surface area (Å²) in [6.45, 7) is 3.56. The van der Waals surface area contributed by atoms with Crippen LogP contribution < -0.4 is 16.2 Å². The maximum absolute atomic E-state index is 14.7. The molecular weight excluding hydrogens is 502 g/mol. The molecule has 1 saturated carbocycles. The van der Waals surface area contributed by atoms with Gasteiger partial charge in [0.05, 0.1) is 23.4 Å². The number of aromatic nitrogens is 1. The van der Waals surface area contributed by atoms with Crippen LogP contribution in [0.1, 0.15) is 54.6 Å². The van der Waals surface area contributed by atoms with Gasteiger partial charge in [-0.2, -0.15) is 0 Å². The van der Waals surface area contributed by atoms with Gasteiger partial charge in [-0.25, -0.2) is 26.3 Å². The topological polar surface area (TPSA) is 66.4 Å². The largest absolute Gasteiger partial charge is 0.381 e. The normalized spacial score (nSPS) is 17.6. The lowest BCUT2D eigenvalue weighted by Gasteiger charge is -2.42. The van der Waals surface area contributed by atoms with Crippen LogP contribution in [0.15, 0.2) is 35.3 Å².